The molecule has 0 fully saturated rings. The first kappa shape index (κ1) is 15.9. The summed E-state index contributed by atoms with van der Waals surface area (Å²) in [4.78, 5) is 4.70. The molecule has 0 bridgehead atoms. The van der Waals surface area contributed by atoms with Crippen LogP contribution >= 0.6 is 0 Å². The maximum absolute atomic E-state index is 5.66. The summed E-state index contributed by atoms with van der Waals surface area (Å²) < 4.78 is 11.3. The van der Waals surface area contributed by atoms with Gasteiger partial charge in [-0.3, -0.25) is 4.98 Å². The highest BCUT2D eigenvalue weighted by Gasteiger charge is 2.21. The van der Waals surface area contributed by atoms with Gasteiger partial charge in [0.25, 0.3) is 0 Å². The van der Waals surface area contributed by atoms with E-state index in [1.165, 1.54) is 16.5 Å². The van der Waals surface area contributed by atoms with E-state index in [-0.39, 0.29) is 0 Å². The lowest BCUT2D eigenvalue weighted by Crippen LogP contribution is -1.95. The first-order valence-corrected chi connectivity index (χ1v) is 8.87. The summed E-state index contributed by atoms with van der Waals surface area (Å²) >= 11 is 0. The molecule has 0 amide bonds. The topological polar surface area (TPSA) is 31.4 Å². The van der Waals surface area contributed by atoms with Crippen molar-refractivity contribution in [3.05, 3.63) is 53.7 Å². The molecule has 25 heavy (non-hydrogen) atoms. The van der Waals surface area contributed by atoms with Gasteiger partial charge in [0.1, 0.15) is 0 Å². The minimum absolute atomic E-state index is 0.298. The average Bonchev–Trinajstić information content (AvgIpc) is 3.08. The van der Waals surface area contributed by atoms with Crippen molar-refractivity contribution in [1.82, 2.24) is 4.98 Å². The third-order valence-corrected chi connectivity index (χ3v) is 4.84. The van der Waals surface area contributed by atoms with Crippen molar-refractivity contribution in [2.45, 2.75) is 39.5 Å². The first-order chi connectivity index (χ1) is 12.0. The lowest BCUT2D eigenvalue weighted by molar-refractivity contribution is 0.173. The van der Waals surface area contributed by atoms with E-state index >= 15 is 0 Å². The maximum atomic E-state index is 5.66. The van der Waals surface area contributed by atoms with E-state index in [0.29, 0.717) is 18.6 Å². The molecular weight excluding hydrogens is 310 g/mol. The molecule has 0 unspecified atom stereocenters. The maximum Gasteiger partial charge on any atom is 0.231 e. The van der Waals surface area contributed by atoms with Crippen LogP contribution in [0.15, 0.2) is 42.6 Å². The van der Waals surface area contributed by atoms with Crippen molar-refractivity contribution in [3.63, 3.8) is 0 Å². The Balaban J connectivity index is 1.90. The monoisotopic (exact) mass is 333 g/mol. The van der Waals surface area contributed by atoms with Crippen LogP contribution in [-0.2, 0) is 0 Å². The van der Waals surface area contributed by atoms with Crippen molar-refractivity contribution in [2.24, 2.45) is 0 Å². The van der Waals surface area contributed by atoms with E-state index in [2.05, 4.69) is 64.1 Å². The lowest BCUT2D eigenvalue weighted by atomic mass is 9.94. The van der Waals surface area contributed by atoms with Crippen LogP contribution in [0.25, 0.3) is 22.0 Å². The Morgan fingerprint density at radius 1 is 0.880 bits per heavy atom. The van der Waals surface area contributed by atoms with Gasteiger partial charge in [-0.1, -0.05) is 39.8 Å². The minimum atomic E-state index is 0.298. The predicted molar refractivity (Wildman–Crippen MR) is 101 cm³/mol. The zero-order chi connectivity index (χ0) is 17.6. The summed E-state index contributed by atoms with van der Waals surface area (Å²) in [5.74, 6) is 2.55. The number of pyridine rings is 1. The second kappa shape index (κ2) is 6.07. The third kappa shape index (κ3) is 2.74. The largest absolute Gasteiger partial charge is 0.454 e. The molecule has 128 valence electrons. The van der Waals surface area contributed by atoms with Gasteiger partial charge in [-0.25, -0.2) is 0 Å². The number of hydrogen-bond donors (Lipinski definition) is 0. The number of ether oxygens (including phenoxy) is 2. The number of benzene rings is 2. The van der Waals surface area contributed by atoms with Gasteiger partial charge in [0.2, 0.25) is 6.79 Å². The Labute approximate surface area is 148 Å². The summed E-state index contributed by atoms with van der Waals surface area (Å²) in [5.41, 5.74) is 5.79. The third-order valence-electron chi connectivity index (χ3n) is 4.84. The molecule has 3 nitrogen and oxygen atoms in total. The first-order valence-electron chi connectivity index (χ1n) is 8.87. The fourth-order valence-corrected chi connectivity index (χ4v) is 3.47. The smallest absolute Gasteiger partial charge is 0.231 e. The van der Waals surface area contributed by atoms with Crippen LogP contribution in [0.3, 0.4) is 0 Å². The molecule has 0 radical (unpaired) electrons. The summed E-state index contributed by atoms with van der Waals surface area (Å²) in [5, 5.41) is 1.22. The van der Waals surface area contributed by atoms with E-state index in [1.54, 1.807) is 0 Å². The highest BCUT2D eigenvalue weighted by molar-refractivity contribution is 5.87. The molecule has 2 aromatic carbocycles. The van der Waals surface area contributed by atoms with Gasteiger partial charge in [0, 0.05) is 22.7 Å². The van der Waals surface area contributed by atoms with Gasteiger partial charge in [0.15, 0.2) is 11.5 Å². The van der Waals surface area contributed by atoms with Gasteiger partial charge in [-0.2, -0.15) is 0 Å². The second-order valence-electron chi connectivity index (χ2n) is 7.25. The molecule has 0 saturated heterocycles. The van der Waals surface area contributed by atoms with Gasteiger partial charge in [-0.05, 0) is 47.2 Å². The molecule has 0 spiro atoms. The van der Waals surface area contributed by atoms with Crippen molar-refractivity contribution < 1.29 is 9.47 Å². The molecule has 1 aliphatic rings. The van der Waals surface area contributed by atoms with Gasteiger partial charge in [0.05, 0.1) is 5.52 Å². The molecule has 2 heterocycles. The lowest BCUT2D eigenvalue weighted by Gasteiger charge is -2.14. The normalized spacial score (nSPS) is 13.2. The van der Waals surface area contributed by atoms with Crippen molar-refractivity contribution >= 4 is 10.9 Å². The number of hydrogen-bond acceptors (Lipinski definition) is 3. The Hall–Kier alpha value is -2.55. The van der Waals surface area contributed by atoms with Gasteiger partial charge < -0.3 is 9.47 Å². The predicted octanol–water partition coefficient (Wildman–Crippen LogP) is 5.88. The van der Waals surface area contributed by atoms with E-state index in [1.807, 2.05) is 6.20 Å². The van der Waals surface area contributed by atoms with Crippen molar-refractivity contribution in [3.8, 4) is 22.6 Å². The molecule has 0 N–H and O–H groups in total. The molecule has 0 saturated carbocycles. The summed E-state index contributed by atoms with van der Waals surface area (Å²) in [7, 11) is 0. The molecule has 1 aromatic heterocycles. The number of aromatic nitrogens is 1. The molecule has 1 aliphatic heterocycles. The SMILES string of the molecule is CC(C)c1cc(-c2cnc3cccc(C(C)C)c3c2)cc2c1OCO2. The van der Waals surface area contributed by atoms with Crippen LogP contribution in [-0.4, -0.2) is 11.8 Å². The fourth-order valence-electron chi connectivity index (χ4n) is 3.47. The molecule has 0 atom stereocenters. The van der Waals surface area contributed by atoms with E-state index in [9.17, 15) is 0 Å². The highest BCUT2D eigenvalue weighted by Crippen LogP contribution is 2.43. The Morgan fingerprint density at radius 2 is 1.68 bits per heavy atom. The standard InChI is InChI=1S/C22H23NO2/c1-13(2)17-6-5-7-20-19(17)9-16(11-23-20)15-8-18(14(3)4)22-21(10-15)24-12-25-22/h5-11,13-14H,12H2,1-4H3. The van der Waals surface area contributed by atoms with Crippen LogP contribution in [0.1, 0.15) is 50.7 Å². The van der Waals surface area contributed by atoms with Crippen LogP contribution in [0.2, 0.25) is 0 Å². The molecule has 3 aromatic rings. The van der Waals surface area contributed by atoms with Crippen LogP contribution < -0.4 is 9.47 Å². The van der Waals surface area contributed by atoms with Crippen molar-refractivity contribution in [1.29, 1.82) is 0 Å². The Bertz CT molecular complexity index is 944. The van der Waals surface area contributed by atoms with Crippen LogP contribution in [0, 0.1) is 0 Å². The van der Waals surface area contributed by atoms with Gasteiger partial charge >= 0.3 is 0 Å². The second-order valence-corrected chi connectivity index (χ2v) is 7.25. The molecular formula is C22H23NO2. The van der Waals surface area contributed by atoms with Crippen LogP contribution in [0.5, 0.6) is 11.5 Å². The zero-order valence-electron chi connectivity index (χ0n) is 15.2. The number of nitrogens with zero attached hydrogens (tertiary/aromatic N) is 1. The molecule has 3 heteroatoms. The number of rotatable bonds is 3. The summed E-state index contributed by atoms with van der Waals surface area (Å²) in [6, 6.07) is 12.9. The highest BCUT2D eigenvalue weighted by atomic mass is 16.7. The molecule has 4 rings (SSSR count). The fraction of sp³-hybridized carbons (Fsp3) is 0.318. The van der Waals surface area contributed by atoms with Crippen LogP contribution in [0.4, 0.5) is 0 Å². The average molecular weight is 333 g/mol. The Morgan fingerprint density at radius 3 is 2.44 bits per heavy atom. The molecule has 0 aliphatic carbocycles. The summed E-state index contributed by atoms with van der Waals surface area (Å²) in [6.45, 7) is 9.09. The van der Waals surface area contributed by atoms with E-state index in [4.69, 9.17) is 14.5 Å². The van der Waals surface area contributed by atoms with Crippen molar-refractivity contribution in [2.75, 3.05) is 6.79 Å². The Kier molecular flexibility index (Phi) is 3.87. The quantitative estimate of drug-likeness (QED) is 0.600. The number of fused-ring (bicyclic) bond motifs is 2. The minimum Gasteiger partial charge on any atom is -0.454 e. The van der Waals surface area contributed by atoms with Gasteiger partial charge in [-0.15, -0.1) is 0 Å². The van der Waals surface area contributed by atoms with E-state index in [0.717, 1.165) is 28.1 Å². The van der Waals surface area contributed by atoms with E-state index < -0.39 is 0 Å². The summed E-state index contributed by atoms with van der Waals surface area (Å²) in [6.07, 6.45) is 1.95. The zero-order valence-corrected chi connectivity index (χ0v) is 15.2.